The molecule has 0 amide bonds. The van der Waals surface area contributed by atoms with Crippen LogP contribution in [0.1, 0.15) is 78.6 Å². The largest absolute Gasteiger partial charge is 0.463 e. The Morgan fingerprint density at radius 2 is 1.85 bits per heavy atom. The van der Waals surface area contributed by atoms with E-state index in [1.54, 1.807) is 13.8 Å². The van der Waals surface area contributed by atoms with Crippen LogP contribution in [0, 0.1) is 5.92 Å². The highest BCUT2D eigenvalue weighted by Gasteiger charge is 2.55. The van der Waals surface area contributed by atoms with Gasteiger partial charge in [-0.05, 0) is 39.5 Å². The first-order chi connectivity index (χ1) is 12.9. The van der Waals surface area contributed by atoms with Gasteiger partial charge in [-0.25, -0.2) is 9.59 Å². The van der Waals surface area contributed by atoms with Gasteiger partial charge in [0.25, 0.3) is 0 Å². The Balaban J connectivity index is 2.89. The maximum Gasteiger partial charge on any atom is 0.351 e. The van der Waals surface area contributed by atoms with E-state index >= 15 is 0 Å². The molecule has 0 aliphatic heterocycles. The Kier molecular flexibility index (Phi) is 10.1. The van der Waals surface area contributed by atoms with Crippen molar-refractivity contribution < 1.29 is 28.6 Å². The number of unbranched alkanes of at least 4 members (excludes halogenated alkanes) is 4. The summed E-state index contributed by atoms with van der Waals surface area (Å²) in [5.74, 6) is -2.77. The van der Waals surface area contributed by atoms with Gasteiger partial charge in [0.1, 0.15) is 5.92 Å². The molecule has 27 heavy (non-hydrogen) atoms. The molecule has 0 N–H and O–H groups in total. The standard InChI is InChI=1S/C21H34O6/c1-5-7-8-9-12-15-25-20(24)21(27-18(22)6-2)14-11-10-13-17(21)19(23)26-16(3)4/h6,16-17H,2,5,7-15H2,1,3-4H3. The van der Waals surface area contributed by atoms with Crippen LogP contribution in [0.2, 0.25) is 0 Å². The van der Waals surface area contributed by atoms with Crippen LogP contribution in [0.3, 0.4) is 0 Å². The van der Waals surface area contributed by atoms with Gasteiger partial charge in [-0.15, -0.1) is 0 Å². The van der Waals surface area contributed by atoms with E-state index in [2.05, 4.69) is 13.5 Å². The van der Waals surface area contributed by atoms with Gasteiger partial charge in [0.05, 0.1) is 12.7 Å². The normalized spacial score (nSPS) is 22.1. The summed E-state index contributed by atoms with van der Waals surface area (Å²) in [6.07, 6.45) is 7.88. The molecule has 0 saturated heterocycles. The Hall–Kier alpha value is -1.85. The summed E-state index contributed by atoms with van der Waals surface area (Å²) in [7, 11) is 0. The van der Waals surface area contributed by atoms with Crippen molar-refractivity contribution in [1.82, 2.24) is 0 Å². The van der Waals surface area contributed by atoms with Crippen LogP contribution in [0.15, 0.2) is 12.7 Å². The highest BCUT2D eigenvalue weighted by atomic mass is 16.6. The van der Waals surface area contributed by atoms with Crippen molar-refractivity contribution in [2.24, 2.45) is 5.92 Å². The van der Waals surface area contributed by atoms with Crippen molar-refractivity contribution in [3.63, 3.8) is 0 Å². The number of carbonyl (C=O) groups is 3. The average molecular weight is 382 g/mol. The van der Waals surface area contributed by atoms with E-state index in [4.69, 9.17) is 14.2 Å². The first-order valence-corrected chi connectivity index (χ1v) is 10.1. The molecule has 0 aromatic carbocycles. The summed E-state index contributed by atoms with van der Waals surface area (Å²) in [4.78, 5) is 37.4. The number of ether oxygens (including phenoxy) is 3. The molecule has 2 unspecified atom stereocenters. The number of hydrogen-bond acceptors (Lipinski definition) is 6. The van der Waals surface area contributed by atoms with Gasteiger partial charge < -0.3 is 14.2 Å². The fraction of sp³-hybridized carbons (Fsp3) is 0.762. The molecule has 0 aromatic heterocycles. The van der Waals surface area contributed by atoms with E-state index in [1.807, 2.05) is 0 Å². The van der Waals surface area contributed by atoms with Crippen molar-refractivity contribution in [3.05, 3.63) is 12.7 Å². The maximum absolute atomic E-state index is 12.9. The molecule has 0 spiro atoms. The second-order valence-corrected chi connectivity index (χ2v) is 7.35. The van der Waals surface area contributed by atoms with E-state index in [9.17, 15) is 14.4 Å². The predicted octanol–water partition coefficient (Wildman–Crippen LogP) is 4.11. The average Bonchev–Trinajstić information content (AvgIpc) is 2.63. The van der Waals surface area contributed by atoms with Crippen LogP contribution >= 0.6 is 0 Å². The van der Waals surface area contributed by atoms with Gasteiger partial charge in [0.2, 0.25) is 5.60 Å². The smallest absolute Gasteiger partial charge is 0.351 e. The molecule has 0 bridgehead atoms. The molecular formula is C21H34O6. The zero-order chi connectivity index (χ0) is 20.3. The minimum atomic E-state index is -1.63. The Morgan fingerprint density at radius 3 is 2.48 bits per heavy atom. The van der Waals surface area contributed by atoms with Gasteiger partial charge >= 0.3 is 17.9 Å². The molecule has 6 heteroatoms. The van der Waals surface area contributed by atoms with Gasteiger partial charge in [-0.1, -0.05) is 45.6 Å². The van der Waals surface area contributed by atoms with Crippen LogP contribution in [0.25, 0.3) is 0 Å². The third kappa shape index (κ3) is 7.00. The first kappa shape index (κ1) is 23.2. The highest BCUT2D eigenvalue weighted by Crippen LogP contribution is 2.39. The lowest BCUT2D eigenvalue weighted by Crippen LogP contribution is -2.55. The Labute approximate surface area is 162 Å². The molecule has 0 radical (unpaired) electrons. The maximum atomic E-state index is 12.9. The summed E-state index contributed by atoms with van der Waals surface area (Å²) < 4.78 is 16.2. The quantitative estimate of drug-likeness (QED) is 0.232. The highest BCUT2D eigenvalue weighted by molar-refractivity contribution is 5.92. The lowest BCUT2D eigenvalue weighted by atomic mass is 9.75. The molecule has 0 heterocycles. The molecule has 6 nitrogen and oxygen atoms in total. The molecular weight excluding hydrogens is 348 g/mol. The van der Waals surface area contributed by atoms with Crippen LogP contribution in [0.5, 0.6) is 0 Å². The van der Waals surface area contributed by atoms with Crippen LogP contribution < -0.4 is 0 Å². The van der Waals surface area contributed by atoms with Crippen LogP contribution in [-0.2, 0) is 28.6 Å². The van der Waals surface area contributed by atoms with Gasteiger partial charge in [0, 0.05) is 6.08 Å². The van der Waals surface area contributed by atoms with Crippen molar-refractivity contribution in [1.29, 1.82) is 0 Å². The summed E-state index contributed by atoms with van der Waals surface area (Å²) in [6.45, 7) is 9.27. The van der Waals surface area contributed by atoms with Gasteiger partial charge in [-0.2, -0.15) is 0 Å². The van der Waals surface area contributed by atoms with Crippen molar-refractivity contribution in [2.75, 3.05) is 6.61 Å². The zero-order valence-corrected chi connectivity index (χ0v) is 17.0. The van der Waals surface area contributed by atoms with E-state index in [-0.39, 0.29) is 19.1 Å². The van der Waals surface area contributed by atoms with Gasteiger partial charge in [0.15, 0.2) is 0 Å². The lowest BCUT2D eigenvalue weighted by molar-refractivity contribution is -0.199. The Bertz CT molecular complexity index is 513. The minimum absolute atomic E-state index is 0.249. The summed E-state index contributed by atoms with van der Waals surface area (Å²) in [6, 6.07) is 0. The van der Waals surface area contributed by atoms with Crippen molar-refractivity contribution in [3.8, 4) is 0 Å². The van der Waals surface area contributed by atoms with E-state index in [0.29, 0.717) is 12.8 Å². The third-order valence-corrected chi connectivity index (χ3v) is 4.77. The fourth-order valence-corrected chi connectivity index (χ4v) is 3.39. The first-order valence-electron chi connectivity index (χ1n) is 10.1. The molecule has 1 fully saturated rings. The molecule has 2 atom stereocenters. The third-order valence-electron chi connectivity index (χ3n) is 4.77. The SMILES string of the molecule is C=CC(=O)OC1(C(=O)OCCCCCCC)CCCCC1C(=O)OC(C)C. The molecule has 154 valence electrons. The molecule has 1 aliphatic rings. The number of carbonyl (C=O) groups excluding carboxylic acids is 3. The zero-order valence-electron chi connectivity index (χ0n) is 17.0. The number of esters is 3. The second kappa shape index (κ2) is 11.8. The Morgan fingerprint density at radius 1 is 1.15 bits per heavy atom. The number of rotatable bonds is 11. The molecule has 0 aromatic rings. The van der Waals surface area contributed by atoms with Crippen LogP contribution in [0.4, 0.5) is 0 Å². The van der Waals surface area contributed by atoms with E-state index in [1.165, 1.54) is 0 Å². The fourth-order valence-electron chi connectivity index (χ4n) is 3.39. The molecule has 1 saturated carbocycles. The van der Waals surface area contributed by atoms with E-state index in [0.717, 1.165) is 44.6 Å². The monoisotopic (exact) mass is 382 g/mol. The molecule has 1 rings (SSSR count). The number of hydrogen-bond donors (Lipinski definition) is 0. The topological polar surface area (TPSA) is 78.9 Å². The van der Waals surface area contributed by atoms with Gasteiger partial charge in [-0.3, -0.25) is 4.79 Å². The summed E-state index contributed by atoms with van der Waals surface area (Å²) in [5, 5.41) is 0. The lowest BCUT2D eigenvalue weighted by Gasteiger charge is -2.39. The minimum Gasteiger partial charge on any atom is -0.463 e. The van der Waals surface area contributed by atoms with Crippen molar-refractivity contribution in [2.45, 2.75) is 90.3 Å². The molecule has 1 aliphatic carbocycles. The summed E-state index contributed by atoms with van der Waals surface area (Å²) in [5.41, 5.74) is -1.63. The van der Waals surface area contributed by atoms with Crippen molar-refractivity contribution >= 4 is 17.9 Å². The second-order valence-electron chi connectivity index (χ2n) is 7.35. The summed E-state index contributed by atoms with van der Waals surface area (Å²) >= 11 is 0. The predicted molar refractivity (Wildman–Crippen MR) is 102 cm³/mol. The van der Waals surface area contributed by atoms with Crippen LogP contribution in [-0.4, -0.2) is 36.2 Å². The van der Waals surface area contributed by atoms with E-state index < -0.39 is 29.4 Å².